The lowest BCUT2D eigenvalue weighted by atomic mass is 10.1. The minimum atomic E-state index is -0.827. The fourth-order valence-corrected chi connectivity index (χ4v) is 3.23. The Hall–Kier alpha value is -2.34. The summed E-state index contributed by atoms with van der Waals surface area (Å²) in [6.45, 7) is 1.90. The highest BCUT2D eigenvalue weighted by atomic mass is 79.9. The Labute approximate surface area is 148 Å². The topological polar surface area (TPSA) is 67.4 Å². The summed E-state index contributed by atoms with van der Waals surface area (Å²) in [5.41, 5.74) is 1.60. The van der Waals surface area contributed by atoms with Crippen molar-refractivity contribution in [2.45, 2.75) is 25.5 Å². The molecule has 0 saturated carbocycles. The number of carbonyl (C=O) groups excluding carboxylic acids is 2. The number of anilines is 1. The zero-order chi connectivity index (χ0) is 17.1. The van der Waals surface area contributed by atoms with Gasteiger partial charge in [-0.05, 0) is 30.7 Å². The molecular formula is C18H17BrN2O3. The molecule has 1 aliphatic rings. The van der Waals surface area contributed by atoms with Crippen LogP contribution in [0.25, 0.3) is 0 Å². The van der Waals surface area contributed by atoms with Crippen LogP contribution in [0, 0.1) is 0 Å². The first-order valence-corrected chi connectivity index (χ1v) is 8.44. The average Bonchev–Trinajstić information content (AvgIpc) is 2.55. The molecular weight excluding hydrogens is 372 g/mol. The van der Waals surface area contributed by atoms with Crippen LogP contribution in [0.5, 0.6) is 5.75 Å². The number of benzene rings is 2. The lowest BCUT2D eigenvalue weighted by molar-refractivity contribution is -0.130. The van der Waals surface area contributed by atoms with Crippen molar-refractivity contribution in [2.75, 3.05) is 5.32 Å². The first kappa shape index (κ1) is 16.5. The van der Waals surface area contributed by atoms with Crippen LogP contribution in [0.1, 0.15) is 24.9 Å². The molecule has 0 aromatic heterocycles. The fraction of sp³-hybridized carbons (Fsp3) is 0.222. The van der Waals surface area contributed by atoms with Crippen LogP contribution >= 0.6 is 15.9 Å². The summed E-state index contributed by atoms with van der Waals surface area (Å²) >= 11 is 3.47. The van der Waals surface area contributed by atoms with Crippen LogP contribution in [0.2, 0.25) is 0 Å². The molecule has 0 unspecified atom stereocenters. The van der Waals surface area contributed by atoms with E-state index in [0.29, 0.717) is 11.4 Å². The highest BCUT2D eigenvalue weighted by molar-refractivity contribution is 9.10. The van der Waals surface area contributed by atoms with Crippen molar-refractivity contribution in [3.05, 3.63) is 58.6 Å². The van der Waals surface area contributed by atoms with Gasteiger partial charge in [0.1, 0.15) is 5.75 Å². The number of amides is 2. The minimum absolute atomic E-state index is 0.0328. The third kappa shape index (κ3) is 3.59. The number of rotatable bonds is 4. The zero-order valence-electron chi connectivity index (χ0n) is 13.1. The lowest BCUT2D eigenvalue weighted by Crippen LogP contribution is -2.41. The summed E-state index contributed by atoms with van der Waals surface area (Å²) in [5, 5.41) is 5.66. The van der Waals surface area contributed by atoms with Gasteiger partial charge < -0.3 is 15.4 Å². The Morgan fingerprint density at radius 3 is 2.75 bits per heavy atom. The van der Waals surface area contributed by atoms with Crippen molar-refractivity contribution >= 4 is 33.4 Å². The molecule has 124 valence electrons. The van der Waals surface area contributed by atoms with Gasteiger partial charge in [0, 0.05) is 4.47 Å². The van der Waals surface area contributed by atoms with Crippen molar-refractivity contribution < 1.29 is 14.3 Å². The minimum Gasteiger partial charge on any atom is -0.478 e. The molecule has 24 heavy (non-hydrogen) atoms. The van der Waals surface area contributed by atoms with Crippen LogP contribution in [0.3, 0.4) is 0 Å². The number of hydrogen-bond donors (Lipinski definition) is 2. The van der Waals surface area contributed by atoms with E-state index in [0.717, 1.165) is 10.0 Å². The SMILES string of the molecule is C[C@@H](NC(=O)C[C@H]1Oc2ccccc2NC1=O)c1ccccc1Br. The predicted octanol–water partition coefficient (Wildman–Crippen LogP) is 3.42. The quantitative estimate of drug-likeness (QED) is 0.842. The van der Waals surface area contributed by atoms with E-state index in [1.54, 1.807) is 12.1 Å². The Kier molecular flexibility index (Phi) is 4.85. The molecule has 2 N–H and O–H groups in total. The molecule has 5 nitrogen and oxygen atoms in total. The van der Waals surface area contributed by atoms with Gasteiger partial charge in [-0.25, -0.2) is 0 Å². The van der Waals surface area contributed by atoms with E-state index < -0.39 is 6.10 Å². The third-order valence-electron chi connectivity index (χ3n) is 3.83. The molecule has 1 heterocycles. The van der Waals surface area contributed by atoms with Gasteiger partial charge in [0.05, 0.1) is 18.2 Å². The van der Waals surface area contributed by atoms with Gasteiger partial charge in [-0.3, -0.25) is 9.59 Å². The van der Waals surface area contributed by atoms with Crippen molar-refractivity contribution in [3.8, 4) is 5.75 Å². The number of fused-ring (bicyclic) bond motifs is 1. The van der Waals surface area contributed by atoms with E-state index in [-0.39, 0.29) is 24.3 Å². The van der Waals surface area contributed by atoms with Crippen LogP contribution in [-0.2, 0) is 9.59 Å². The summed E-state index contributed by atoms with van der Waals surface area (Å²) in [7, 11) is 0. The summed E-state index contributed by atoms with van der Waals surface area (Å²) in [6.07, 6.45) is -0.860. The number of hydrogen-bond acceptors (Lipinski definition) is 3. The Bertz CT molecular complexity index is 778. The van der Waals surface area contributed by atoms with E-state index in [1.807, 2.05) is 43.3 Å². The molecule has 0 bridgehead atoms. The molecule has 2 amide bonds. The largest absolute Gasteiger partial charge is 0.478 e. The van der Waals surface area contributed by atoms with E-state index in [1.165, 1.54) is 0 Å². The second-order valence-electron chi connectivity index (χ2n) is 5.61. The van der Waals surface area contributed by atoms with Crippen LogP contribution < -0.4 is 15.4 Å². The summed E-state index contributed by atoms with van der Waals surface area (Å²) in [4.78, 5) is 24.4. The van der Waals surface area contributed by atoms with Crippen molar-refractivity contribution in [2.24, 2.45) is 0 Å². The molecule has 0 saturated heterocycles. The second-order valence-corrected chi connectivity index (χ2v) is 6.46. The Morgan fingerprint density at radius 2 is 1.96 bits per heavy atom. The number of carbonyl (C=O) groups is 2. The third-order valence-corrected chi connectivity index (χ3v) is 4.55. The molecule has 2 atom stereocenters. The van der Waals surface area contributed by atoms with Gasteiger partial charge in [0.15, 0.2) is 6.10 Å². The van der Waals surface area contributed by atoms with E-state index in [4.69, 9.17) is 4.74 Å². The van der Waals surface area contributed by atoms with Gasteiger partial charge in [-0.1, -0.05) is 46.3 Å². The van der Waals surface area contributed by atoms with E-state index in [9.17, 15) is 9.59 Å². The molecule has 2 aromatic carbocycles. The maximum Gasteiger partial charge on any atom is 0.266 e. The van der Waals surface area contributed by atoms with Gasteiger partial charge in [-0.2, -0.15) is 0 Å². The first-order chi connectivity index (χ1) is 11.5. The van der Waals surface area contributed by atoms with Crippen molar-refractivity contribution in [3.63, 3.8) is 0 Å². The number of ether oxygens (including phenoxy) is 1. The Morgan fingerprint density at radius 1 is 1.25 bits per heavy atom. The summed E-state index contributed by atoms with van der Waals surface area (Å²) in [5.74, 6) is 0.0314. The van der Waals surface area contributed by atoms with Gasteiger partial charge in [-0.15, -0.1) is 0 Å². The molecule has 0 fully saturated rings. The predicted molar refractivity (Wildman–Crippen MR) is 94.8 cm³/mol. The highest BCUT2D eigenvalue weighted by Gasteiger charge is 2.29. The smallest absolute Gasteiger partial charge is 0.266 e. The van der Waals surface area contributed by atoms with Crippen LogP contribution in [0.4, 0.5) is 5.69 Å². The number of nitrogens with one attached hydrogen (secondary N) is 2. The summed E-state index contributed by atoms with van der Waals surface area (Å²) in [6, 6.07) is 14.7. The molecule has 0 radical (unpaired) electrons. The van der Waals surface area contributed by atoms with E-state index >= 15 is 0 Å². The first-order valence-electron chi connectivity index (χ1n) is 7.65. The van der Waals surface area contributed by atoms with Crippen molar-refractivity contribution in [1.82, 2.24) is 5.32 Å². The van der Waals surface area contributed by atoms with E-state index in [2.05, 4.69) is 26.6 Å². The summed E-state index contributed by atoms with van der Waals surface area (Å²) < 4.78 is 6.57. The van der Waals surface area contributed by atoms with Crippen LogP contribution in [0.15, 0.2) is 53.0 Å². The molecule has 0 aliphatic carbocycles. The zero-order valence-corrected chi connectivity index (χ0v) is 14.7. The van der Waals surface area contributed by atoms with Crippen LogP contribution in [-0.4, -0.2) is 17.9 Å². The number of para-hydroxylation sites is 2. The maximum atomic E-state index is 12.3. The monoisotopic (exact) mass is 388 g/mol. The lowest BCUT2D eigenvalue weighted by Gasteiger charge is -2.26. The van der Waals surface area contributed by atoms with Gasteiger partial charge in [0.25, 0.3) is 5.91 Å². The fourth-order valence-electron chi connectivity index (χ4n) is 2.60. The van der Waals surface area contributed by atoms with Crippen molar-refractivity contribution in [1.29, 1.82) is 0 Å². The number of halogens is 1. The highest BCUT2D eigenvalue weighted by Crippen LogP contribution is 2.29. The average molecular weight is 389 g/mol. The molecule has 6 heteroatoms. The molecule has 0 spiro atoms. The molecule has 3 rings (SSSR count). The second kappa shape index (κ2) is 7.05. The standard InChI is InChI=1S/C18H17BrN2O3/c1-11(12-6-2-3-7-13(12)19)20-17(22)10-16-18(23)21-14-8-4-5-9-15(14)24-16/h2-9,11,16H,10H2,1H3,(H,20,22)(H,21,23)/t11-,16-/m1/s1. The Balaban J connectivity index is 1.63. The maximum absolute atomic E-state index is 12.3. The normalized spacial score (nSPS) is 17.2. The molecule has 1 aliphatic heterocycles. The van der Waals surface area contributed by atoms with Gasteiger partial charge in [0.2, 0.25) is 5.91 Å². The van der Waals surface area contributed by atoms with Gasteiger partial charge >= 0.3 is 0 Å². The molecule has 2 aromatic rings.